The summed E-state index contributed by atoms with van der Waals surface area (Å²) in [5, 5.41) is 27.8. The molecule has 0 saturated heterocycles. The Morgan fingerprint density at radius 2 is 1.97 bits per heavy atom. The molecule has 1 aliphatic heterocycles. The molecule has 4 rings (SSSR count). The number of hydrogen-bond donors (Lipinski definition) is 2. The molecule has 0 saturated carbocycles. The summed E-state index contributed by atoms with van der Waals surface area (Å²) < 4.78 is 11.1. The first-order valence-corrected chi connectivity index (χ1v) is 9.17. The summed E-state index contributed by atoms with van der Waals surface area (Å²) in [4.78, 5) is 10.5. The molecule has 0 amide bonds. The van der Waals surface area contributed by atoms with Gasteiger partial charge in [0.1, 0.15) is 17.4 Å². The van der Waals surface area contributed by atoms with E-state index in [4.69, 9.17) is 15.2 Å². The van der Waals surface area contributed by atoms with Crippen LogP contribution in [0.4, 0.5) is 5.69 Å². The van der Waals surface area contributed by atoms with Crippen molar-refractivity contribution in [3.63, 3.8) is 0 Å². The third-order valence-corrected chi connectivity index (χ3v) is 4.83. The number of non-ortho nitro benzene ring substituents is 1. The largest absolute Gasteiger partial charge is 0.494 e. The van der Waals surface area contributed by atoms with Crippen molar-refractivity contribution in [1.82, 2.24) is 10.2 Å². The highest BCUT2D eigenvalue weighted by Gasteiger charge is 2.35. The number of ether oxygens (including phenoxy) is 2. The number of H-pyrrole nitrogens is 1. The van der Waals surface area contributed by atoms with E-state index in [1.807, 2.05) is 31.2 Å². The number of nitriles is 1. The van der Waals surface area contributed by atoms with Crippen molar-refractivity contribution in [3.8, 4) is 29.0 Å². The number of rotatable bonds is 5. The normalized spacial score (nSPS) is 15.1. The molecule has 1 atom stereocenters. The van der Waals surface area contributed by atoms with E-state index in [0.717, 1.165) is 5.56 Å². The van der Waals surface area contributed by atoms with Crippen LogP contribution in [0.2, 0.25) is 0 Å². The van der Waals surface area contributed by atoms with E-state index in [1.165, 1.54) is 12.1 Å². The van der Waals surface area contributed by atoms with Crippen molar-refractivity contribution in [2.45, 2.75) is 12.8 Å². The highest BCUT2D eigenvalue weighted by atomic mass is 16.6. The number of nitro benzene ring substituents is 1. The minimum atomic E-state index is -0.515. The molecule has 0 fully saturated rings. The van der Waals surface area contributed by atoms with Crippen LogP contribution in [0.3, 0.4) is 0 Å². The topological polar surface area (TPSA) is 140 Å². The quantitative estimate of drug-likeness (QED) is 0.490. The van der Waals surface area contributed by atoms with Crippen LogP contribution in [0.5, 0.6) is 11.6 Å². The van der Waals surface area contributed by atoms with Crippen LogP contribution in [0.1, 0.15) is 24.0 Å². The molecule has 0 aliphatic carbocycles. The molecule has 3 aromatic rings. The summed E-state index contributed by atoms with van der Waals surface area (Å²) >= 11 is 0. The van der Waals surface area contributed by atoms with Gasteiger partial charge in [0.05, 0.1) is 28.7 Å². The Morgan fingerprint density at radius 3 is 2.57 bits per heavy atom. The van der Waals surface area contributed by atoms with Crippen molar-refractivity contribution in [1.29, 1.82) is 5.26 Å². The van der Waals surface area contributed by atoms with Crippen molar-refractivity contribution in [3.05, 3.63) is 81.2 Å². The molecule has 1 aromatic heterocycles. The molecule has 2 aromatic carbocycles. The first-order chi connectivity index (χ1) is 14.5. The van der Waals surface area contributed by atoms with Crippen LogP contribution in [-0.2, 0) is 0 Å². The highest BCUT2D eigenvalue weighted by Crippen LogP contribution is 2.45. The van der Waals surface area contributed by atoms with Gasteiger partial charge in [-0.1, -0.05) is 12.1 Å². The maximum atomic E-state index is 11.0. The van der Waals surface area contributed by atoms with E-state index in [2.05, 4.69) is 16.3 Å². The minimum Gasteiger partial charge on any atom is -0.494 e. The molecular formula is C21H17N5O4. The second kappa shape index (κ2) is 7.60. The Balaban J connectivity index is 1.84. The fourth-order valence-corrected chi connectivity index (χ4v) is 3.47. The monoisotopic (exact) mass is 403 g/mol. The van der Waals surface area contributed by atoms with Crippen LogP contribution >= 0.6 is 0 Å². The zero-order valence-electron chi connectivity index (χ0n) is 16.0. The number of benzene rings is 2. The fourth-order valence-electron chi connectivity index (χ4n) is 3.47. The maximum absolute atomic E-state index is 11.0. The lowest BCUT2D eigenvalue weighted by Gasteiger charge is -2.24. The third kappa shape index (κ3) is 3.20. The average Bonchev–Trinajstić information content (AvgIpc) is 3.17. The number of allylic oxidation sites excluding steroid dienone is 1. The van der Waals surface area contributed by atoms with Gasteiger partial charge in [0.2, 0.25) is 11.8 Å². The van der Waals surface area contributed by atoms with Gasteiger partial charge in [-0.2, -0.15) is 5.26 Å². The Bertz CT molecular complexity index is 1170. The van der Waals surface area contributed by atoms with E-state index < -0.39 is 10.8 Å². The first kappa shape index (κ1) is 19.0. The second-order valence-corrected chi connectivity index (χ2v) is 6.55. The molecule has 150 valence electrons. The standard InChI is InChI=1S/C21H17N5O4/c1-2-29-15-9-5-12(6-10-15)17-16(11-22)20(23)30-21-18(17)19(24-25-21)13-3-7-14(8-4-13)26(27)28/h3-10,17H,2,23H2,1H3,(H,24,25)/t17-/m0/s1. The Kier molecular flexibility index (Phi) is 4.82. The van der Waals surface area contributed by atoms with Crippen molar-refractivity contribution < 1.29 is 14.4 Å². The molecule has 0 radical (unpaired) electrons. The summed E-state index contributed by atoms with van der Waals surface area (Å²) in [6.07, 6.45) is 0. The molecule has 1 aliphatic rings. The van der Waals surface area contributed by atoms with Gasteiger partial charge >= 0.3 is 0 Å². The van der Waals surface area contributed by atoms with Gasteiger partial charge in [0.25, 0.3) is 5.69 Å². The first-order valence-electron chi connectivity index (χ1n) is 9.17. The Hall–Kier alpha value is -4.32. The zero-order chi connectivity index (χ0) is 21.3. The summed E-state index contributed by atoms with van der Waals surface area (Å²) in [6, 6.07) is 15.6. The van der Waals surface area contributed by atoms with E-state index in [1.54, 1.807) is 12.1 Å². The van der Waals surface area contributed by atoms with Crippen molar-refractivity contribution in [2.75, 3.05) is 6.61 Å². The van der Waals surface area contributed by atoms with Crippen molar-refractivity contribution in [2.24, 2.45) is 5.73 Å². The number of aromatic amines is 1. The molecule has 0 bridgehead atoms. The van der Waals surface area contributed by atoms with E-state index >= 15 is 0 Å². The van der Waals surface area contributed by atoms with Gasteiger partial charge in [0, 0.05) is 17.7 Å². The van der Waals surface area contributed by atoms with Gasteiger partial charge in [0.15, 0.2) is 0 Å². The van der Waals surface area contributed by atoms with Crippen LogP contribution in [-0.4, -0.2) is 21.7 Å². The third-order valence-electron chi connectivity index (χ3n) is 4.83. The minimum absolute atomic E-state index is 0.00867. The van der Waals surface area contributed by atoms with Crippen molar-refractivity contribution >= 4 is 5.69 Å². The van der Waals surface area contributed by atoms with Gasteiger partial charge in [-0.05, 0) is 36.8 Å². The van der Waals surface area contributed by atoms with Gasteiger partial charge in [-0.25, -0.2) is 0 Å². The lowest BCUT2D eigenvalue weighted by atomic mass is 9.83. The van der Waals surface area contributed by atoms with Crippen LogP contribution in [0.25, 0.3) is 11.3 Å². The Labute approximate surface area is 171 Å². The Morgan fingerprint density at radius 1 is 1.27 bits per heavy atom. The highest BCUT2D eigenvalue weighted by molar-refractivity contribution is 5.71. The van der Waals surface area contributed by atoms with Gasteiger partial charge < -0.3 is 15.2 Å². The molecule has 2 heterocycles. The number of fused-ring (bicyclic) bond motifs is 1. The second-order valence-electron chi connectivity index (χ2n) is 6.55. The fraction of sp³-hybridized carbons (Fsp3) is 0.143. The molecule has 3 N–H and O–H groups in total. The lowest BCUT2D eigenvalue weighted by molar-refractivity contribution is -0.384. The number of nitrogens with one attached hydrogen (secondary N) is 1. The van der Waals surface area contributed by atoms with Gasteiger partial charge in [-0.3, -0.25) is 15.2 Å². The number of hydrogen-bond acceptors (Lipinski definition) is 7. The van der Waals surface area contributed by atoms with Crippen LogP contribution in [0.15, 0.2) is 60.0 Å². The number of nitro groups is 1. The predicted octanol–water partition coefficient (Wildman–Crippen LogP) is 3.60. The molecule has 30 heavy (non-hydrogen) atoms. The maximum Gasteiger partial charge on any atom is 0.269 e. The lowest BCUT2D eigenvalue weighted by Crippen LogP contribution is -2.21. The molecule has 9 heteroatoms. The summed E-state index contributed by atoms with van der Waals surface area (Å²) in [7, 11) is 0. The van der Waals surface area contributed by atoms with Crippen LogP contribution < -0.4 is 15.2 Å². The average molecular weight is 403 g/mol. The molecule has 9 nitrogen and oxygen atoms in total. The summed E-state index contributed by atoms with van der Waals surface area (Å²) in [5.74, 6) is 0.453. The van der Waals surface area contributed by atoms with Crippen LogP contribution in [0, 0.1) is 21.4 Å². The number of aromatic nitrogens is 2. The molecule has 0 unspecified atom stereocenters. The predicted molar refractivity (Wildman–Crippen MR) is 108 cm³/mol. The number of nitrogens with zero attached hydrogens (tertiary/aromatic N) is 3. The zero-order valence-corrected chi connectivity index (χ0v) is 16.0. The summed E-state index contributed by atoms with van der Waals surface area (Å²) in [5.41, 5.74) is 8.95. The molecule has 0 spiro atoms. The van der Waals surface area contributed by atoms with Gasteiger partial charge in [-0.15, -0.1) is 5.10 Å². The van der Waals surface area contributed by atoms with E-state index in [0.29, 0.717) is 29.2 Å². The van der Waals surface area contributed by atoms with E-state index in [-0.39, 0.29) is 23.0 Å². The van der Waals surface area contributed by atoms with E-state index in [9.17, 15) is 15.4 Å². The summed E-state index contributed by atoms with van der Waals surface area (Å²) in [6.45, 7) is 2.45. The molecular weight excluding hydrogens is 386 g/mol. The smallest absolute Gasteiger partial charge is 0.269 e. The SMILES string of the molecule is CCOc1ccc([C@H]2C(C#N)=C(N)Oc3n[nH]c(-c4ccc([N+](=O)[O-])cc4)c32)cc1. The number of nitrogens with two attached hydrogens (primary N) is 1.